The smallest absolute Gasteiger partial charge is 0.416 e. The number of rotatable bonds is 7. The van der Waals surface area contributed by atoms with Gasteiger partial charge < -0.3 is 20.7 Å². The molecule has 1 aliphatic carbocycles. The molecule has 11 heteroatoms. The van der Waals surface area contributed by atoms with Crippen LogP contribution in [0.1, 0.15) is 62.3 Å². The van der Waals surface area contributed by atoms with Crippen molar-refractivity contribution < 1.29 is 37.1 Å². The maximum atomic E-state index is 12.9. The normalized spacial score (nSPS) is 17.6. The summed E-state index contributed by atoms with van der Waals surface area (Å²) >= 11 is 0. The number of ether oxygens (including phenoxy) is 1. The minimum absolute atomic E-state index is 0.210. The summed E-state index contributed by atoms with van der Waals surface area (Å²) in [6.45, 7) is -0.429. The Balaban J connectivity index is 1.55. The molecule has 0 spiro atoms. The van der Waals surface area contributed by atoms with E-state index >= 15 is 0 Å². The molecule has 0 aromatic heterocycles. The summed E-state index contributed by atoms with van der Waals surface area (Å²) in [5.74, 6) is -2.21. The summed E-state index contributed by atoms with van der Waals surface area (Å²) in [5.41, 5.74) is -0.519. The van der Waals surface area contributed by atoms with Crippen molar-refractivity contribution in [2.24, 2.45) is 0 Å². The van der Waals surface area contributed by atoms with Crippen LogP contribution < -0.4 is 16.0 Å². The standard InChI is InChI=1S/C25H26F3N3O5/c1-36-24(35)16-11-9-15(10-12-16)23(34)31-20-8-3-2-7-19(20)30-21(32)14-29-22(33)17-5-4-6-18(13-17)25(26,27)28/h4-6,9-13,19-20H,2-3,7-8,14H2,1H3,(H,29,33)(H,30,32)(H,31,34)/t19-,20+/m0/s1. The van der Waals surface area contributed by atoms with Crippen LogP contribution in [0.25, 0.3) is 0 Å². The molecule has 2 aromatic carbocycles. The number of amides is 3. The van der Waals surface area contributed by atoms with Gasteiger partial charge in [0.25, 0.3) is 11.8 Å². The lowest BCUT2D eigenvalue weighted by molar-refractivity contribution is -0.137. The van der Waals surface area contributed by atoms with Crippen LogP contribution in [0.5, 0.6) is 0 Å². The number of esters is 1. The van der Waals surface area contributed by atoms with E-state index in [1.54, 1.807) is 0 Å². The van der Waals surface area contributed by atoms with E-state index in [1.165, 1.54) is 37.4 Å². The molecule has 3 rings (SSSR count). The van der Waals surface area contributed by atoms with Gasteiger partial charge in [0.15, 0.2) is 0 Å². The Kier molecular flexibility index (Phi) is 8.68. The Morgan fingerprint density at radius 3 is 2.08 bits per heavy atom. The third kappa shape index (κ3) is 7.06. The Hall–Kier alpha value is -3.89. The average molecular weight is 505 g/mol. The first-order valence-corrected chi connectivity index (χ1v) is 11.3. The zero-order chi connectivity index (χ0) is 26.3. The van der Waals surface area contributed by atoms with E-state index in [4.69, 9.17) is 0 Å². The van der Waals surface area contributed by atoms with Crippen LogP contribution in [0.3, 0.4) is 0 Å². The number of benzene rings is 2. The fraction of sp³-hybridized carbons (Fsp3) is 0.360. The highest BCUT2D eigenvalue weighted by Gasteiger charge is 2.31. The predicted molar refractivity (Wildman–Crippen MR) is 123 cm³/mol. The molecule has 1 fully saturated rings. The number of methoxy groups -OCH3 is 1. The molecule has 192 valence electrons. The second kappa shape index (κ2) is 11.7. The van der Waals surface area contributed by atoms with Gasteiger partial charge in [-0.3, -0.25) is 14.4 Å². The van der Waals surface area contributed by atoms with Crippen molar-refractivity contribution in [3.8, 4) is 0 Å². The van der Waals surface area contributed by atoms with Crippen LogP contribution in [-0.4, -0.2) is 49.4 Å². The highest BCUT2D eigenvalue weighted by molar-refractivity contribution is 5.97. The summed E-state index contributed by atoms with van der Waals surface area (Å²) < 4.78 is 43.2. The van der Waals surface area contributed by atoms with Crippen LogP contribution in [-0.2, 0) is 15.7 Å². The first kappa shape index (κ1) is 26.7. The number of hydrogen-bond acceptors (Lipinski definition) is 5. The van der Waals surface area contributed by atoms with E-state index in [1.807, 2.05) is 0 Å². The molecule has 36 heavy (non-hydrogen) atoms. The predicted octanol–water partition coefficient (Wildman–Crippen LogP) is 3.08. The van der Waals surface area contributed by atoms with Crippen molar-refractivity contribution in [3.63, 3.8) is 0 Å². The highest BCUT2D eigenvalue weighted by Crippen LogP contribution is 2.29. The summed E-state index contributed by atoms with van der Waals surface area (Å²) in [4.78, 5) is 48.9. The maximum Gasteiger partial charge on any atom is 0.416 e. The van der Waals surface area contributed by atoms with Gasteiger partial charge in [-0.1, -0.05) is 18.9 Å². The van der Waals surface area contributed by atoms with Gasteiger partial charge in [0.1, 0.15) is 0 Å². The Morgan fingerprint density at radius 1 is 0.861 bits per heavy atom. The van der Waals surface area contributed by atoms with Gasteiger partial charge in [-0.05, 0) is 55.3 Å². The Labute approximate surface area is 205 Å². The van der Waals surface area contributed by atoms with Gasteiger partial charge in [-0.25, -0.2) is 4.79 Å². The van der Waals surface area contributed by atoms with Crippen molar-refractivity contribution >= 4 is 23.7 Å². The largest absolute Gasteiger partial charge is 0.465 e. The van der Waals surface area contributed by atoms with Gasteiger partial charge in [-0.15, -0.1) is 0 Å². The van der Waals surface area contributed by atoms with E-state index < -0.39 is 36.1 Å². The van der Waals surface area contributed by atoms with E-state index in [2.05, 4.69) is 20.7 Å². The molecular weight excluding hydrogens is 479 g/mol. The molecule has 3 N–H and O–H groups in total. The molecule has 1 saturated carbocycles. The zero-order valence-corrected chi connectivity index (χ0v) is 19.5. The Morgan fingerprint density at radius 2 is 1.47 bits per heavy atom. The molecule has 0 saturated heterocycles. The molecule has 3 amide bonds. The third-order valence-electron chi connectivity index (χ3n) is 5.86. The molecule has 0 aliphatic heterocycles. The lowest BCUT2D eigenvalue weighted by Gasteiger charge is -2.33. The second-order valence-corrected chi connectivity index (χ2v) is 8.37. The molecule has 8 nitrogen and oxygen atoms in total. The van der Waals surface area contributed by atoms with Crippen molar-refractivity contribution in [2.75, 3.05) is 13.7 Å². The fourth-order valence-corrected chi connectivity index (χ4v) is 3.96. The van der Waals surface area contributed by atoms with Crippen molar-refractivity contribution in [1.29, 1.82) is 0 Å². The van der Waals surface area contributed by atoms with Crippen molar-refractivity contribution in [2.45, 2.75) is 43.9 Å². The van der Waals surface area contributed by atoms with Crippen LogP contribution in [0.2, 0.25) is 0 Å². The first-order chi connectivity index (χ1) is 17.1. The molecule has 1 aliphatic rings. The molecule has 0 heterocycles. The van der Waals surface area contributed by atoms with Crippen molar-refractivity contribution in [1.82, 2.24) is 16.0 Å². The summed E-state index contributed by atoms with van der Waals surface area (Å²) in [6, 6.07) is 9.16. The van der Waals surface area contributed by atoms with E-state index in [9.17, 15) is 32.3 Å². The number of hydrogen-bond donors (Lipinski definition) is 3. The van der Waals surface area contributed by atoms with Gasteiger partial charge in [0.05, 0.1) is 24.8 Å². The number of carbonyl (C=O) groups is 4. The minimum atomic E-state index is -4.59. The first-order valence-electron chi connectivity index (χ1n) is 11.3. The van der Waals surface area contributed by atoms with Gasteiger partial charge >= 0.3 is 12.1 Å². The van der Waals surface area contributed by atoms with Gasteiger partial charge in [0.2, 0.25) is 5.91 Å². The molecule has 0 radical (unpaired) electrons. The lowest BCUT2D eigenvalue weighted by atomic mass is 9.90. The number of nitrogens with one attached hydrogen (secondary N) is 3. The summed E-state index contributed by atoms with van der Waals surface area (Å²) in [7, 11) is 1.26. The molecule has 0 unspecified atom stereocenters. The minimum Gasteiger partial charge on any atom is -0.465 e. The lowest BCUT2D eigenvalue weighted by Crippen LogP contribution is -2.54. The highest BCUT2D eigenvalue weighted by atomic mass is 19.4. The molecular formula is C25H26F3N3O5. The van der Waals surface area contributed by atoms with E-state index in [-0.39, 0.29) is 23.6 Å². The fourth-order valence-electron chi connectivity index (χ4n) is 3.96. The molecule has 2 atom stereocenters. The number of halogens is 3. The van der Waals surface area contributed by atoms with Gasteiger partial charge in [-0.2, -0.15) is 13.2 Å². The van der Waals surface area contributed by atoms with Crippen LogP contribution in [0.4, 0.5) is 13.2 Å². The van der Waals surface area contributed by atoms with Crippen LogP contribution in [0, 0.1) is 0 Å². The summed E-state index contributed by atoms with van der Waals surface area (Å²) in [5, 5.41) is 8.02. The average Bonchev–Trinajstić information content (AvgIpc) is 2.87. The van der Waals surface area contributed by atoms with Crippen LogP contribution in [0.15, 0.2) is 48.5 Å². The van der Waals surface area contributed by atoms with Crippen molar-refractivity contribution in [3.05, 3.63) is 70.8 Å². The number of carbonyl (C=O) groups excluding carboxylic acids is 4. The van der Waals surface area contributed by atoms with Crippen LogP contribution >= 0.6 is 0 Å². The Bertz CT molecular complexity index is 1120. The summed E-state index contributed by atoms with van der Waals surface area (Å²) in [6.07, 6.45) is -1.66. The monoisotopic (exact) mass is 505 g/mol. The zero-order valence-electron chi connectivity index (χ0n) is 19.5. The quantitative estimate of drug-likeness (QED) is 0.501. The molecule has 2 aromatic rings. The maximum absolute atomic E-state index is 12.9. The molecule has 0 bridgehead atoms. The number of alkyl halides is 3. The SMILES string of the molecule is COC(=O)c1ccc(C(=O)N[C@@H]2CCCC[C@@H]2NC(=O)CNC(=O)c2cccc(C(F)(F)F)c2)cc1. The topological polar surface area (TPSA) is 114 Å². The second-order valence-electron chi connectivity index (χ2n) is 8.37. The van der Waals surface area contributed by atoms with Gasteiger partial charge in [0, 0.05) is 23.2 Å². The van der Waals surface area contributed by atoms with E-state index in [0.29, 0.717) is 24.0 Å². The third-order valence-corrected chi connectivity index (χ3v) is 5.86. The van der Waals surface area contributed by atoms with E-state index in [0.717, 1.165) is 31.0 Å².